The van der Waals surface area contributed by atoms with Crippen molar-refractivity contribution in [2.75, 3.05) is 28.2 Å². The van der Waals surface area contributed by atoms with Gasteiger partial charge in [0.15, 0.2) is 0 Å². The van der Waals surface area contributed by atoms with Crippen molar-refractivity contribution in [2.45, 2.75) is 19.0 Å². The van der Waals surface area contributed by atoms with Crippen LogP contribution in [0.3, 0.4) is 0 Å². The molecule has 0 atom stereocenters. The largest absolute Gasteiger partial charge is 0.261 e. The summed E-state index contributed by atoms with van der Waals surface area (Å²) in [5.74, 6) is 0. The lowest BCUT2D eigenvalue weighted by Crippen LogP contribution is -2.67. The van der Waals surface area contributed by atoms with Crippen molar-refractivity contribution in [3.05, 3.63) is 35.9 Å². The first-order chi connectivity index (χ1) is 8.41. The lowest BCUT2D eigenvalue weighted by Gasteiger charge is -2.35. The summed E-state index contributed by atoms with van der Waals surface area (Å²) in [4.78, 5) is 0. The fraction of sp³-hybridized carbons (Fsp3) is 0.538. The van der Waals surface area contributed by atoms with E-state index < -0.39 is 8.40 Å². The van der Waals surface area contributed by atoms with Gasteiger partial charge in [-0.1, -0.05) is 30.3 Å². The number of hydrogen-bond acceptors (Lipinski definition) is 4. The summed E-state index contributed by atoms with van der Waals surface area (Å²) >= 11 is 0. The zero-order chi connectivity index (χ0) is 13.6. The number of nitrogens with zero attached hydrogens (tertiary/aromatic N) is 2. The van der Waals surface area contributed by atoms with E-state index in [1.165, 1.54) is 5.56 Å². The summed E-state index contributed by atoms with van der Waals surface area (Å²) in [5.41, 5.74) is 1.40. The molecular formula is C13H26N4Si. The fourth-order valence-electron chi connectivity index (χ4n) is 2.16. The van der Waals surface area contributed by atoms with Crippen LogP contribution in [0.1, 0.15) is 5.56 Å². The summed E-state index contributed by atoms with van der Waals surface area (Å²) < 4.78 is 0. The van der Waals surface area contributed by atoms with Crippen molar-refractivity contribution in [2.24, 2.45) is 0 Å². The minimum Gasteiger partial charge on any atom is -0.261 e. The third-order valence-electron chi connectivity index (χ3n) is 2.70. The molecule has 0 bridgehead atoms. The van der Waals surface area contributed by atoms with Crippen LogP contribution >= 0.6 is 0 Å². The molecule has 1 aromatic carbocycles. The lowest BCUT2D eigenvalue weighted by atomic mass is 10.2. The summed E-state index contributed by atoms with van der Waals surface area (Å²) in [5, 5.41) is 11.3. The van der Waals surface area contributed by atoms with Crippen molar-refractivity contribution in [1.82, 2.24) is 20.2 Å². The molecule has 0 spiro atoms. The molecule has 0 saturated carbocycles. The van der Waals surface area contributed by atoms with Crippen LogP contribution in [0.15, 0.2) is 30.3 Å². The van der Waals surface area contributed by atoms with Crippen LogP contribution in [-0.2, 0) is 6.42 Å². The Balaban J connectivity index is 2.61. The van der Waals surface area contributed by atoms with Gasteiger partial charge in [-0.2, -0.15) is 0 Å². The summed E-state index contributed by atoms with van der Waals surface area (Å²) in [6, 6.07) is 11.8. The molecule has 0 radical (unpaired) electrons. The lowest BCUT2D eigenvalue weighted by molar-refractivity contribution is 0.313. The third kappa shape index (κ3) is 5.75. The molecule has 0 amide bonds. The molecule has 0 aromatic heterocycles. The van der Waals surface area contributed by atoms with Crippen molar-refractivity contribution in [3.8, 4) is 0 Å². The molecular weight excluding hydrogens is 240 g/mol. The molecule has 0 fully saturated rings. The quantitative estimate of drug-likeness (QED) is 0.577. The van der Waals surface area contributed by atoms with Gasteiger partial charge in [-0.25, -0.2) is 0 Å². The average molecular weight is 266 g/mol. The van der Waals surface area contributed by atoms with E-state index in [2.05, 4.69) is 47.1 Å². The Bertz CT molecular complexity index is 330. The van der Waals surface area contributed by atoms with Crippen LogP contribution in [0.2, 0.25) is 12.6 Å². The van der Waals surface area contributed by atoms with Crippen molar-refractivity contribution in [1.29, 1.82) is 0 Å². The van der Waals surface area contributed by atoms with E-state index in [1.54, 1.807) is 0 Å². The van der Waals surface area contributed by atoms with E-state index >= 15 is 0 Å². The zero-order valence-corrected chi connectivity index (χ0v) is 13.2. The van der Waals surface area contributed by atoms with Gasteiger partial charge in [0.25, 0.3) is 0 Å². The maximum atomic E-state index is 3.58. The molecule has 1 rings (SSSR count). The molecule has 0 unspecified atom stereocenters. The molecule has 0 aliphatic heterocycles. The van der Waals surface area contributed by atoms with Crippen molar-refractivity contribution >= 4 is 8.40 Å². The Hall–Kier alpha value is -0.723. The van der Waals surface area contributed by atoms with Crippen LogP contribution in [-0.4, -0.2) is 46.6 Å². The second-order valence-electron chi connectivity index (χ2n) is 5.33. The van der Waals surface area contributed by atoms with E-state index in [0.717, 1.165) is 12.5 Å². The van der Waals surface area contributed by atoms with Crippen LogP contribution in [0.4, 0.5) is 0 Å². The Labute approximate surface area is 112 Å². The normalized spacial score (nSPS) is 12.4. The maximum absolute atomic E-state index is 3.58. The molecule has 0 aliphatic rings. The molecule has 102 valence electrons. The number of rotatable bonds is 7. The van der Waals surface area contributed by atoms with Crippen LogP contribution in [0.25, 0.3) is 0 Å². The first-order valence-electron chi connectivity index (χ1n) is 6.35. The highest BCUT2D eigenvalue weighted by atomic mass is 28.3. The van der Waals surface area contributed by atoms with Crippen molar-refractivity contribution < 1.29 is 0 Å². The monoisotopic (exact) mass is 266 g/mol. The van der Waals surface area contributed by atoms with Gasteiger partial charge in [-0.15, -0.1) is 0 Å². The predicted octanol–water partition coefficient (Wildman–Crippen LogP) is 1.43. The molecule has 4 nitrogen and oxygen atoms in total. The van der Waals surface area contributed by atoms with Gasteiger partial charge >= 0.3 is 0 Å². The van der Waals surface area contributed by atoms with Gasteiger partial charge in [0, 0.05) is 28.2 Å². The highest BCUT2D eigenvalue weighted by Gasteiger charge is 2.28. The summed E-state index contributed by atoms with van der Waals surface area (Å²) in [7, 11) is 6.48. The van der Waals surface area contributed by atoms with Gasteiger partial charge in [0.1, 0.15) is 0 Å². The van der Waals surface area contributed by atoms with Crippen LogP contribution < -0.4 is 10.2 Å². The fourth-order valence-corrected chi connectivity index (χ4v) is 5.20. The van der Waals surface area contributed by atoms with E-state index in [4.69, 9.17) is 0 Å². The standard InChI is InChI=1S/C13H26N4Si/c1-16(2)14-18(5,15-17(3)4)12-11-13-9-7-6-8-10-13/h6-10,14-15H,11-12H2,1-5H3. The first-order valence-corrected chi connectivity index (χ1v) is 9.06. The summed E-state index contributed by atoms with van der Waals surface area (Å²) in [6.45, 7) is 2.32. The van der Waals surface area contributed by atoms with Gasteiger partial charge in [0.05, 0.1) is 0 Å². The first kappa shape index (κ1) is 15.3. The molecule has 18 heavy (non-hydrogen) atoms. The van der Waals surface area contributed by atoms with E-state index in [-0.39, 0.29) is 0 Å². The Morgan fingerprint density at radius 3 is 1.89 bits per heavy atom. The van der Waals surface area contributed by atoms with Gasteiger partial charge in [-0.3, -0.25) is 20.2 Å². The Morgan fingerprint density at radius 2 is 1.44 bits per heavy atom. The predicted molar refractivity (Wildman–Crippen MR) is 80.2 cm³/mol. The topological polar surface area (TPSA) is 30.5 Å². The molecule has 0 heterocycles. The number of benzene rings is 1. The van der Waals surface area contributed by atoms with Gasteiger partial charge in [0.2, 0.25) is 8.40 Å². The number of aryl methyl sites for hydroxylation is 1. The number of hydrogen-bond donors (Lipinski definition) is 2. The maximum Gasteiger partial charge on any atom is 0.225 e. The second-order valence-corrected chi connectivity index (χ2v) is 8.94. The highest BCUT2D eigenvalue weighted by molar-refractivity contribution is 6.73. The third-order valence-corrected chi connectivity index (χ3v) is 5.83. The Morgan fingerprint density at radius 1 is 0.944 bits per heavy atom. The molecule has 0 saturated heterocycles. The molecule has 0 aliphatic carbocycles. The molecule has 2 N–H and O–H groups in total. The SMILES string of the molecule is CN(C)N[Si](C)(CCc1ccccc1)NN(C)C. The molecule has 1 aromatic rings. The van der Waals surface area contributed by atoms with Gasteiger partial charge in [-0.05, 0) is 24.6 Å². The van der Waals surface area contributed by atoms with E-state index in [1.807, 2.05) is 38.2 Å². The van der Waals surface area contributed by atoms with Crippen molar-refractivity contribution in [3.63, 3.8) is 0 Å². The highest BCUT2D eigenvalue weighted by Crippen LogP contribution is 2.10. The van der Waals surface area contributed by atoms with Gasteiger partial charge < -0.3 is 0 Å². The van der Waals surface area contributed by atoms with E-state index in [0.29, 0.717) is 0 Å². The minimum absolute atomic E-state index is 1.10. The summed E-state index contributed by atoms with van der Waals surface area (Å²) in [6.07, 6.45) is 1.10. The Kier molecular flexibility index (Phi) is 5.97. The number of hydrazine groups is 2. The number of nitrogens with one attached hydrogen (secondary N) is 2. The van der Waals surface area contributed by atoms with Crippen LogP contribution in [0, 0.1) is 0 Å². The van der Waals surface area contributed by atoms with E-state index in [9.17, 15) is 0 Å². The zero-order valence-electron chi connectivity index (χ0n) is 12.2. The smallest absolute Gasteiger partial charge is 0.225 e. The second kappa shape index (κ2) is 7.01. The minimum atomic E-state index is -1.71. The van der Waals surface area contributed by atoms with Crippen LogP contribution in [0.5, 0.6) is 0 Å². The molecule has 5 heteroatoms. The average Bonchev–Trinajstić information content (AvgIpc) is 2.26.